The second-order valence-corrected chi connectivity index (χ2v) is 3.62. The van der Waals surface area contributed by atoms with Gasteiger partial charge in [-0.2, -0.15) is 0 Å². The number of rotatable bonds is 5. The Morgan fingerprint density at radius 3 is 2.28 bits per heavy atom. The number of carbonyl (C=O) groups excluding carboxylic acids is 2. The van der Waals surface area contributed by atoms with Crippen molar-refractivity contribution in [3.8, 4) is 11.5 Å². The standard InChI is InChI=1S/C12H13ClO5/c1-4-18-12(15)9(14)7-5-6-8(13)11(17-3)10(7)16-2/h5-6H,4H2,1-3H3. The van der Waals surface area contributed by atoms with Crippen molar-refractivity contribution >= 4 is 23.4 Å². The van der Waals surface area contributed by atoms with Crippen LogP contribution in [0.5, 0.6) is 11.5 Å². The van der Waals surface area contributed by atoms with Crippen molar-refractivity contribution in [3.63, 3.8) is 0 Å². The molecule has 0 spiro atoms. The third-order valence-corrected chi connectivity index (χ3v) is 2.48. The van der Waals surface area contributed by atoms with Crippen LogP contribution >= 0.6 is 11.6 Å². The lowest BCUT2D eigenvalue weighted by Crippen LogP contribution is -2.18. The van der Waals surface area contributed by atoms with Crippen LogP contribution in [0.25, 0.3) is 0 Å². The van der Waals surface area contributed by atoms with Gasteiger partial charge in [-0.15, -0.1) is 0 Å². The summed E-state index contributed by atoms with van der Waals surface area (Å²) in [6.45, 7) is 1.74. The van der Waals surface area contributed by atoms with E-state index in [-0.39, 0.29) is 28.7 Å². The molecule has 0 aliphatic rings. The summed E-state index contributed by atoms with van der Waals surface area (Å²) < 4.78 is 14.7. The monoisotopic (exact) mass is 272 g/mol. The smallest absolute Gasteiger partial charge is 0.379 e. The summed E-state index contributed by atoms with van der Waals surface area (Å²) in [4.78, 5) is 23.2. The van der Waals surface area contributed by atoms with Crippen LogP contribution in [0.15, 0.2) is 12.1 Å². The van der Waals surface area contributed by atoms with Crippen molar-refractivity contribution in [2.75, 3.05) is 20.8 Å². The van der Waals surface area contributed by atoms with Crippen LogP contribution in [0, 0.1) is 0 Å². The van der Waals surface area contributed by atoms with Crippen LogP contribution in [-0.4, -0.2) is 32.6 Å². The van der Waals surface area contributed by atoms with Gasteiger partial charge in [-0.1, -0.05) is 11.6 Å². The third kappa shape index (κ3) is 2.73. The average molecular weight is 273 g/mol. The highest BCUT2D eigenvalue weighted by Crippen LogP contribution is 2.37. The highest BCUT2D eigenvalue weighted by atomic mass is 35.5. The quantitative estimate of drug-likeness (QED) is 0.467. The van der Waals surface area contributed by atoms with Crippen LogP contribution in [0.2, 0.25) is 5.02 Å². The Bertz CT molecular complexity index is 470. The van der Waals surface area contributed by atoms with Gasteiger partial charge < -0.3 is 14.2 Å². The molecule has 1 rings (SSSR count). The first-order chi connectivity index (χ1) is 8.56. The average Bonchev–Trinajstić information content (AvgIpc) is 2.37. The molecule has 98 valence electrons. The van der Waals surface area contributed by atoms with Crippen molar-refractivity contribution in [3.05, 3.63) is 22.7 Å². The minimum atomic E-state index is -0.944. The van der Waals surface area contributed by atoms with Crippen molar-refractivity contribution in [1.82, 2.24) is 0 Å². The number of hydrogen-bond donors (Lipinski definition) is 0. The Kier molecular flexibility index (Phi) is 4.97. The first kappa shape index (κ1) is 14.3. The van der Waals surface area contributed by atoms with Gasteiger partial charge in [-0.3, -0.25) is 4.79 Å². The predicted octanol–water partition coefficient (Wildman–Crippen LogP) is 2.10. The summed E-state index contributed by atoms with van der Waals surface area (Å²) in [5.74, 6) is -1.43. The molecular weight excluding hydrogens is 260 g/mol. The zero-order valence-electron chi connectivity index (χ0n) is 10.3. The molecule has 0 atom stereocenters. The Labute approximate surface area is 110 Å². The number of hydrogen-bond acceptors (Lipinski definition) is 5. The number of esters is 1. The molecule has 18 heavy (non-hydrogen) atoms. The van der Waals surface area contributed by atoms with Gasteiger partial charge in [0.1, 0.15) is 0 Å². The van der Waals surface area contributed by atoms with Gasteiger partial charge in [0.05, 0.1) is 31.4 Å². The molecular formula is C12H13ClO5. The third-order valence-electron chi connectivity index (χ3n) is 2.18. The minimum Gasteiger partial charge on any atom is -0.492 e. The Hall–Kier alpha value is -1.75. The van der Waals surface area contributed by atoms with Gasteiger partial charge in [0, 0.05) is 0 Å². The zero-order chi connectivity index (χ0) is 13.7. The summed E-state index contributed by atoms with van der Waals surface area (Å²) >= 11 is 5.89. The van der Waals surface area contributed by atoms with Crippen molar-refractivity contribution in [1.29, 1.82) is 0 Å². The fourth-order valence-corrected chi connectivity index (χ4v) is 1.64. The maximum atomic E-state index is 11.8. The maximum Gasteiger partial charge on any atom is 0.379 e. The molecule has 0 bridgehead atoms. The molecule has 0 saturated carbocycles. The van der Waals surface area contributed by atoms with Crippen LogP contribution < -0.4 is 9.47 Å². The first-order valence-corrected chi connectivity index (χ1v) is 5.56. The summed E-state index contributed by atoms with van der Waals surface area (Å²) in [6.07, 6.45) is 0. The van der Waals surface area contributed by atoms with Crippen LogP contribution in [0.4, 0.5) is 0 Å². The van der Waals surface area contributed by atoms with Gasteiger partial charge >= 0.3 is 5.97 Å². The van der Waals surface area contributed by atoms with Crippen LogP contribution in [0.3, 0.4) is 0 Å². The minimum absolute atomic E-state index is 0.0530. The number of benzene rings is 1. The number of ketones is 1. The molecule has 0 heterocycles. The van der Waals surface area contributed by atoms with E-state index < -0.39 is 11.8 Å². The highest BCUT2D eigenvalue weighted by molar-refractivity contribution is 6.42. The lowest BCUT2D eigenvalue weighted by Gasteiger charge is -2.12. The van der Waals surface area contributed by atoms with E-state index in [1.807, 2.05) is 0 Å². The number of carbonyl (C=O) groups is 2. The molecule has 0 aromatic heterocycles. The number of Topliss-reactive ketones (excluding diaryl/α,β-unsaturated/α-hetero) is 1. The summed E-state index contributed by atoms with van der Waals surface area (Å²) in [7, 11) is 2.75. The second kappa shape index (κ2) is 6.26. The van der Waals surface area contributed by atoms with E-state index in [2.05, 4.69) is 4.74 Å². The van der Waals surface area contributed by atoms with E-state index in [4.69, 9.17) is 21.1 Å². The second-order valence-electron chi connectivity index (χ2n) is 3.21. The summed E-state index contributed by atoms with van der Waals surface area (Å²) in [6, 6.07) is 2.85. The van der Waals surface area contributed by atoms with E-state index in [9.17, 15) is 9.59 Å². The van der Waals surface area contributed by atoms with Gasteiger partial charge in [-0.25, -0.2) is 4.79 Å². The van der Waals surface area contributed by atoms with Crippen molar-refractivity contribution < 1.29 is 23.8 Å². The zero-order valence-corrected chi connectivity index (χ0v) is 11.0. The first-order valence-electron chi connectivity index (χ1n) is 5.18. The topological polar surface area (TPSA) is 61.8 Å². The van der Waals surface area contributed by atoms with E-state index in [0.29, 0.717) is 0 Å². The fourth-order valence-electron chi connectivity index (χ4n) is 1.42. The van der Waals surface area contributed by atoms with E-state index in [0.717, 1.165) is 0 Å². The molecule has 0 N–H and O–H groups in total. The molecule has 0 radical (unpaired) electrons. The summed E-state index contributed by atoms with van der Waals surface area (Å²) in [5.41, 5.74) is 0.0530. The van der Waals surface area contributed by atoms with E-state index in [1.165, 1.54) is 26.4 Å². The van der Waals surface area contributed by atoms with Crippen LogP contribution in [-0.2, 0) is 9.53 Å². The molecule has 1 aromatic carbocycles. The van der Waals surface area contributed by atoms with Gasteiger partial charge in [0.25, 0.3) is 5.78 Å². The van der Waals surface area contributed by atoms with Crippen molar-refractivity contribution in [2.45, 2.75) is 6.92 Å². The SMILES string of the molecule is CCOC(=O)C(=O)c1ccc(Cl)c(OC)c1OC. The molecule has 5 nitrogen and oxygen atoms in total. The Morgan fingerprint density at radius 2 is 1.78 bits per heavy atom. The Morgan fingerprint density at radius 1 is 1.17 bits per heavy atom. The molecule has 0 aliphatic carbocycles. The lowest BCUT2D eigenvalue weighted by atomic mass is 10.1. The largest absolute Gasteiger partial charge is 0.492 e. The molecule has 0 amide bonds. The van der Waals surface area contributed by atoms with Crippen LogP contribution in [0.1, 0.15) is 17.3 Å². The molecule has 0 aliphatic heterocycles. The molecule has 0 unspecified atom stereocenters. The van der Waals surface area contributed by atoms with Gasteiger partial charge in [0.2, 0.25) is 0 Å². The van der Waals surface area contributed by atoms with E-state index >= 15 is 0 Å². The molecule has 0 saturated heterocycles. The molecule has 0 fully saturated rings. The fraction of sp³-hybridized carbons (Fsp3) is 0.333. The van der Waals surface area contributed by atoms with Crippen molar-refractivity contribution in [2.24, 2.45) is 0 Å². The van der Waals surface area contributed by atoms with Gasteiger partial charge in [-0.05, 0) is 19.1 Å². The molecule has 1 aromatic rings. The molecule has 6 heteroatoms. The number of halogens is 1. The Balaban J connectivity index is 3.24. The van der Waals surface area contributed by atoms with E-state index in [1.54, 1.807) is 6.92 Å². The highest BCUT2D eigenvalue weighted by Gasteiger charge is 2.25. The predicted molar refractivity (Wildman–Crippen MR) is 65.5 cm³/mol. The number of ether oxygens (including phenoxy) is 3. The normalized spacial score (nSPS) is 9.78. The maximum absolute atomic E-state index is 11.8. The number of methoxy groups -OCH3 is 2. The van der Waals surface area contributed by atoms with Gasteiger partial charge in [0.15, 0.2) is 11.5 Å². The lowest BCUT2D eigenvalue weighted by molar-refractivity contribution is -0.137. The summed E-state index contributed by atoms with van der Waals surface area (Å²) in [5, 5.41) is 0.287.